The van der Waals surface area contributed by atoms with E-state index in [9.17, 15) is 4.79 Å². The minimum absolute atomic E-state index is 0.120. The Morgan fingerprint density at radius 2 is 2.39 bits per heavy atom. The van der Waals surface area contributed by atoms with E-state index >= 15 is 0 Å². The van der Waals surface area contributed by atoms with E-state index in [1.807, 2.05) is 11.6 Å². The lowest BCUT2D eigenvalue weighted by Crippen LogP contribution is -2.57. The Morgan fingerprint density at radius 1 is 1.61 bits per heavy atom. The van der Waals surface area contributed by atoms with E-state index in [2.05, 4.69) is 20.4 Å². The van der Waals surface area contributed by atoms with Crippen LogP contribution >= 0.6 is 0 Å². The van der Waals surface area contributed by atoms with Crippen LogP contribution in [0.5, 0.6) is 0 Å². The van der Waals surface area contributed by atoms with Crippen molar-refractivity contribution in [2.75, 3.05) is 33.7 Å². The second kappa shape index (κ2) is 5.45. The van der Waals surface area contributed by atoms with Crippen LogP contribution in [0.25, 0.3) is 0 Å². The first kappa shape index (κ1) is 13.0. The van der Waals surface area contributed by atoms with Crippen LogP contribution in [-0.4, -0.2) is 70.2 Å². The van der Waals surface area contributed by atoms with Crippen molar-refractivity contribution in [3.05, 3.63) is 12.2 Å². The molecule has 1 aromatic heterocycles. The standard InChI is InChI=1S/C11H20N6O/c1-15(2)11(18)9-6-12-4-5-17(9)7-10-14-13-8-16(10)3/h8-9,12H,4-7H2,1-3H3. The van der Waals surface area contributed by atoms with E-state index in [1.54, 1.807) is 25.3 Å². The van der Waals surface area contributed by atoms with Crippen molar-refractivity contribution in [3.63, 3.8) is 0 Å². The Hall–Kier alpha value is -1.47. The minimum Gasteiger partial charge on any atom is -0.347 e. The van der Waals surface area contributed by atoms with Gasteiger partial charge in [-0.2, -0.15) is 0 Å². The van der Waals surface area contributed by atoms with Crippen LogP contribution in [0, 0.1) is 0 Å². The molecule has 0 aliphatic carbocycles. The third-order valence-electron chi connectivity index (χ3n) is 3.23. The molecule has 1 aliphatic rings. The van der Waals surface area contributed by atoms with Crippen molar-refractivity contribution < 1.29 is 4.79 Å². The number of aryl methyl sites for hydroxylation is 1. The number of amides is 1. The maximum Gasteiger partial charge on any atom is 0.240 e. The lowest BCUT2D eigenvalue weighted by molar-refractivity contribution is -0.135. The first-order valence-corrected chi connectivity index (χ1v) is 6.08. The van der Waals surface area contributed by atoms with E-state index in [-0.39, 0.29) is 11.9 Å². The Labute approximate surface area is 107 Å². The molecule has 0 radical (unpaired) electrons. The molecule has 100 valence electrons. The van der Waals surface area contributed by atoms with Crippen LogP contribution in [0.1, 0.15) is 5.82 Å². The van der Waals surface area contributed by atoms with Gasteiger partial charge in [0.25, 0.3) is 0 Å². The van der Waals surface area contributed by atoms with Gasteiger partial charge in [-0.1, -0.05) is 0 Å². The van der Waals surface area contributed by atoms with Gasteiger partial charge in [-0.05, 0) is 0 Å². The summed E-state index contributed by atoms with van der Waals surface area (Å²) in [5, 5.41) is 11.2. The summed E-state index contributed by atoms with van der Waals surface area (Å²) in [6.45, 7) is 3.09. The quantitative estimate of drug-likeness (QED) is 0.722. The van der Waals surface area contributed by atoms with E-state index in [1.165, 1.54) is 0 Å². The normalized spacial score (nSPS) is 20.9. The molecule has 1 amide bonds. The second-order valence-electron chi connectivity index (χ2n) is 4.78. The molecule has 2 heterocycles. The van der Waals surface area contributed by atoms with E-state index in [4.69, 9.17) is 0 Å². The monoisotopic (exact) mass is 252 g/mol. The maximum absolute atomic E-state index is 12.1. The van der Waals surface area contributed by atoms with Crippen LogP contribution < -0.4 is 5.32 Å². The number of likely N-dealkylation sites (N-methyl/N-ethyl adjacent to an activating group) is 1. The number of hydrogen-bond acceptors (Lipinski definition) is 5. The molecule has 2 rings (SSSR count). The molecule has 1 aliphatic heterocycles. The number of aromatic nitrogens is 3. The zero-order valence-electron chi connectivity index (χ0n) is 11.1. The Bertz CT molecular complexity index is 415. The number of rotatable bonds is 3. The van der Waals surface area contributed by atoms with Crippen molar-refractivity contribution in [2.24, 2.45) is 7.05 Å². The lowest BCUT2D eigenvalue weighted by atomic mass is 10.1. The third kappa shape index (κ3) is 2.68. The van der Waals surface area contributed by atoms with Gasteiger partial charge in [-0.3, -0.25) is 9.69 Å². The number of carbonyl (C=O) groups is 1. The molecule has 1 aromatic rings. The molecular weight excluding hydrogens is 232 g/mol. The van der Waals surface area contributed by atoms with Gasteiger partial charge >= 0.3 is 0 Å². The first-order chi connectivity index (χ1) is 8.59. The van der Waals surface area contributed by atoms with Crippen molar-refractivity contribution in [1.82, 2.24) is 29.9 Å². The van der Waals surface area contributed by atoms with Crippen LogP contribution in [-0.2, 0) is 18.4 Å². The Kier molecular flexibility index (Phi) is 3.93. The molecule has 1 saturated heterocycles. The number of carbonyl (C=O) groups excluding carboxylic acids is 1. The summed E-state index contributed by atoms with van der Waals surface area (Å²) in [5.41, 5.74) is 0. The molecule has 0 bridgehead atoms. The molecule has 18 heavy (non-hydrogen) atoms. The Balaban J connectivity index is 2.09. The smallest absolute Gasteiger partial charge is 0.240 e. The maximum atomic E-state index is 12.1. The molecule has 1 atom stereocenters. The molecular formula is C11H20N6O. The van der Waals surface area contributed by atoms with Gasteiger partial charge in [0.1, 0.15) is 18.2 Å². The highest BCUT2D eigenvalue weighted by molar-refractivity contribution is 5.81. The summed E-state index contributed by atoms with van der Waals surface area (Å²) in [6, 6.07) is -0.120. The van der Waals surface area contributed by atoms with Gasteiger partial charge in [0.15, 0.2) is 0 Å². The van der Waals surface area contributed by atoms with Crippen LogP contribution in [0.15, 0.2) is 6.33 Å². The molecule has 0 saturated carbocycles. The lowest BCUT2D eigenvalue weighted by Gasteiger charge is -2.35. The number of nitrogens with zero attached hydrogens (tertiary/aromatic N) is 5. The molecule has 0 spiro atoms. The average molecular weight is 252 g/mol. The van der Waals surface area contributed by atoms with Gasteiger partial charge in [-0.25, -0.2) is 0 Å². The fourth-order valence-electron chi connectivity index (χ4n) is 2.11. The average Bonchev–Trinajstić information content (AvgIpc) is 2.75. The Morgan fingerprint density at radius 3 is 3.00 bits per heavy atom. The number of hydrogen-bond donors (Lipinski definition) is 1. The third-order valence-corrected chi connectivity index (χ3v) is 3.23. The first-order valence-electron chi connectivity index (χ1n) is 6.08. The van der Waals surface area contributed by atoms with Gasteiger partial charge in [0.05, 0.1) is 6.54 Å². The van der Waals surface area contributed by atoms with E-state index in [0.29, 0.717) is 13.1 Å². The van der Waals surface area contributed by atoms with Crippen molar-refractivity contribution >= 4 is 5.91 Å². The van der Waals surface area contributed by atoms with Gasteiger partial charge in [-0.15, -0.1) is 10.2 Å². The number of piperazine rings is 1. The summed E-state index contributed by atoms with van der Waals surface area (Å²) in [4.78, 5) is 15.9. The predicted octanol–water partition coefficient (Wildman–Crippen LogP) is -1.32. The molecule has 1 N–H and O–H groups in total. The molecule has 7 nitrogen and oxygen atoms in total. The van der Waals surface area contributed by atoms with Gasteiger partial charge in [0.2, 0.25) is 5.91 Å². The summed E-state index contributed by atoms with van der Waals surface area (Å²) >= 11 is 0. The fourth-order valence-corrected chi connectivity index (χ4v) is 2.11. The second-order valence-corrected chi connectivity index (χ2v) is 4.78. The van der Waals surface area contributed by atoms with Crippen molar-refractivity contribution in [2.45, 2.75) is 12.6 Å². The minimum atomic E-state index is -0.120. The summed E-state index contributed by atoms with van der Waals surface area (Å²) in [5.74, 6) is 1.01. The topological polar surface area (TPSA) is 66.3 Å². The fraction of sp³-hybridized carbons (Fsp3) is 0.727. The predicted molar refractivity (Wildman–Crippen MR) is 66.8 cm³/mol. The molecule has 0 aromatic carbocycles. The summed E-state index contributed by atoms with van der Waals surface area (Å²) in [7, 11) is 5.50. The van der Waals surface area contributed by atoms with Crippen LogP contribution in [0.4, 0.5) is 0 Å². The molecule has 1 unspecified atom stereocenters. The van der Waals surface area contributed by atoms with E-state index in [0.717, 1.165) is 18.9 Å². The van der Waals surface area contributed by atoms with Gasteiger partial charge < -0.3 is 14.8 Å². The largest absolute Gasteiger partial charge is 0.347 e. The highest BCUT2D eigenvalue weighted by atomic mass is 16.2. The van der Waals surface area contributed by atoms with E-state index < -0.39 is 0 Å². The van der Waals surface area contributed by atoms with Crippen LogP contribution in [0.2, 0.25) is 0 Å². The highest BCUT2D eigenvalue weighted by Gasteiger charge is 2.30. The van der Waals surface area contributed by atoms with Crippen molar-refractivity contribution in [3.8, 4) is 0 Å². The summed E-state index contributed by atoms with van der Waals surface area (Å²) < 4.78 is 1.89. The van der Waals surface area contributed by atoms with Crippen LogP contribution in [0.3, 0.4) is 0 Å². The zero-order chi connectivity index (χ0) is 13.1. The summed E-state index contributed by atoms with van der Waals surface area (Å²) in [6.07, 6.45) is 1.68. The molecule has 7 heteroatoms. The zero-order valence-corrected chi connectivity index (χ0v) is 11.1. The number of nitrogens with one attached hydrogen (secondary N) is 1. The molecule has 1 fully saturated rings. The van der Waals surface area contributed by atoms with Gasteiger partial charge in [0, 0.05) is 40.8 Å². The van der Waals surface area contributed by atoms with Crippen molar-refractivity contribution in [1.29, 1.82) is 0 Å². The highest BCUT2D eigenvalue weighted by Crippen LogP contribution is 2.10. The SMILES string of the molecule is CN(C)C(=O)C1CNCCN1Cc1nncn1C.